The van der Waals surface area contributed by atoms with Crippen LogP contribution in [0.5, 0.6) is 5.75 Å². The lowest BCUT2D eigenvalue weighted by Crippen LogP contribution is -2.53. The van der Waals surface area contributed by atoms with Gasteiger partial charge in [0.25, 0.3) is 5.91 Å². The predicted molar refractivity (Wildman–Crippen MR) is 128 cm³/mol. The van der Waals surface area contributed by atoms with Crippen molar-refractivity contribution in [1.82, 2.24) is 9.80 Å². The topological polar surface area (TPSA) is 61.9 Å². The van der Waals surface area contributed by atoms with Crippen molar-refractivity contribution in [3.8, 4) is 5.75 Å². The summed E-state index contributed by atoms with van der Waals surface area (Å²) < 4.78 is 5.28. The van der Waals surface area contributed by atoms with Gasteiger partial charge in [-0.25, -0.2) is 0 Å². The fraction of sp³-hybridized carbons (Fsp3) is 0.407. The van der Waals surface area contributed by atoms with E-state index in [0.29, 0.717) is 6.54 Å². The van der Waals surface area contributed by atoms with E-state index in [0.717, 1.165) is 34.6 Å². The molecule has 1 spiro atoms. The lowest BCUT2D eigenvalue weighted by molar-refractivity contribution is -0.142. The molecule has 2 fully saturated rings. The molecule has 2 amide bonds. The number of hydrogen-bond acceptors (Lipinski definition) is 4. The van der Waals surface area contributed by atoms with E-state index in [4.69, 9.17) is 4.74 Å². The summed E-state index contributed by atoms with van der Waals surface area (Å²) in [6.45, 7) is 8.59. The van der Waals surface area contributed by atoms with Crippen molar-refractivity contribution >= 4 is 17.5 Å². The maximum Gasteiger partial charge on any atom is 0.251 e. The number of amides is 2. The molecule has 0 radical (unpaired) electrons. The van der Waals surface area contributed by atoms with Crippen LogP contribution < -0.4 is 10.1 Å². The molecule has 0 bridgehead atoms. The number of carbonyl (C=O) groups is 2. The molecule has 3 aliphatic heterocycles. The summed E-state index contributed by atoms with van der Waals surface area (Å²) in [5.74, 6) is 0.707. The fourth-order valence-electron chi connectivity index (χ4n) is 5.93. The molecule has 0 saturated carbocycles. The zero-order valence-corrected chi connectivity index (χ0v) is 19.9. The van der Waals surface area contributed by atoms with Crippen molar-refractivity contribution in [3.05, 3.63) is 71.3 Å². The van der Waals surface area contributed by atoms with Gasteiger partial charge in [0.2, 0.25) is 5.91 Å². The van der Waals surface area contributed by atoms with Gasteiger partial charge in [0, 0.05) is 23.3 Å². The van der Waals surface area contributed by atoms with E-state index in [1.165, 1.54) is 0 Å². The second-order valence-corrected chi connectivity index (χ2v) is 10.1. The quantitative estimate of drug-likeness (QED) is 0.721. The van der Waals surface area contributed by atoms with Crippen LogP contribution in [0.1, 0.15) is 45.2 Å². The van der Waals surface area contributed by atoms with Crippen LogP contribution in [0.4, 0.5) is 5.69 Å². The molecule has 0 aliphatic carbocycles. The lowest BCUT2D eigenvalue weighted by atomic mass is 9.72. The molecule has 6 heteroatoms. The van der Waals surface area contributed by atoms with Gasteiger partial charge in [0.05, 0.1) is 12.5 Å². The first-order chi connectivity index (χ1) is 15.7. The smallest absolute Gasteiger partial charge is 0.251 e. The van der Waals surface area contributed by atoms with Crippen molar-refractivity contribution in [2.45, 2.75) is 63.8 Å². The summed E-state index contributed by atoms with van der Waals surface area (Å²) in [5.41, 5.74) is 2.59. The van der Waals surface area contributed by atoms with Gasteiger partial charge < -0.3 is 19.9 Å². The molecule has 0 unspecified atom stereocenters. The second kappa shape index (κ2) is 7.37. The first-order valence-corrected chi connectivity index (χ1v) is 11.6. The van der Waals surface area contributed by atoms with Crippen LogP contribution in [0.25, 0.3) is 0 Å². The van der Waals surface area contributed by atoms with Crippen molar-refractivity contribution in [2.75, 3.05) is 12.4 Å². The highest BCUT2D eigenvalue weighted by molar-refractivity contribution is 6.10. The highest BCUT2D eigenvalue weighted by Gasteiger charge is 2.73. The third kappa shape index (κ3) is 2.86. The number of nitrogens with zero attached hydrogens (tertiary/aromatic N) is 2. The first-order valence-electron chi connectivity index (χ1n) is 11.6. The van der Waals surface area contributed by atoms with Crippen LogP contribution in [-0.2, 0) is 21.5 Å². The molecule has 5 rings (SSSR count). The molecule has 33 heavy (non-hydrogen) atoms. The second-order valence-electron chi connectivity index (χ2n) is 10.1. The van der Waals surface area contributed by atoms with E-state index >= 15 is 0 Å². The highest BCUT2D eigenvalue weighted by atomic mass is 16.5. The molecule has 0 aromatic heterocycles. The average Bonchev–Trinajstić information content (AvgIpc) is 3.32. The first kappa shape index (κ1) is 21.6. The maximum atomic E-state index is 14.1. The Bertz CT molecular complexity index is 1150. The lowest BCUT2D eigenvalue weighted by Gasteiger charge is -2.39. The number of benzene rings is 2. The van der Waals surface area contributed by atoms with E-state index < -0.39 is 17.0 Å². The van der Waals surface area contributed by atoms with Crippen LogP contribution in [0.2, 0.25) is 0 Å². The van der Waals surface area contributed by atoms with Gasteiger partial charge in [-0.3, -0.25) is 9.59 Å². The van der Waals surface area contributed by atoms with Crippen LogP contribution in [0.15, 0.2) is 60.2 Å². The van der Waals surface area contributed by atoms with Crippen LogP contribution in [0, 0.1) is 0 Å². The third-order valence-electron chi connectivity index (χ3n) is 7.15. The Hall–Kier alpha value is -3.28. The monoisotopic (exact) mass is 445 g/mol. The van der Waals surface area contributed by atoms with Crippen LogP contribution in [0.3, 0.4) is 0 Å². The number of fused-ring (bicyclic) bond motifs is 1. The van der Waals surface area contributed by atoms with Crippen molar-refractivity contribution in [2.24, 2.45) is 0 Å². The number of anilines is 1. The molecule has 2 aromatic rings. The molecule has 6 nitrogen and oxygen atoms in total. The molecular weight excluding hydrogens is 414 g/mol. The Labute approximate surface area is 195 Å². The van der Waals surface area contributed by atoms with Gasteiger partial charge in [-0.05, 0) is 56.5 Å². The minimum absolute atomic E-state index is 0.00383. The molecule has 1 N–H and O–H groups in total. The van der Waals surface area contributed by atoms with Crippen molar-refractivity contribution in [3.63, 3.8) is 0 Å². The van der Waals surface area contributed by atoms with Gasteiger partial charge in [0.1, 0.15) is 18.0 Å². The normalized spacial score (nSPS) is 27.0. The van der Waals surface area contributed by atoms with E-state index in [1.807, 2.05) is 60.4 Å². The minimum Gasteiger partial charge on any atom is -0.497 e. The number of carbonyl (C=O) groups excluding carboxylic acids is 2. The molecule has 3 aliphatic rings. The third-order valence-corrected chi connectivity index (χ3v) is 7.15. The van der Waals surface area contributed by atoms with Gasteiger partial charge in [0.15, 0.2) is 0 Å². The number of rotatable bonds is 4. The Morgan fingerprint density at radius 3 is 2.42 bits per heavy atom. The summed E-state index contributed by atoms with van der Waals surface area (Å²) in [4.78, 5) is 31.8. The highest BCUT2D eigenvalue weighted by Crippen LogP contribution is 2.60. The largest absolute Gasteiger partial charge is 0.497 e. The molecule has 172 valence electrons. The van der Waals surface area contributed by atoms with Gasteiger partial charge in [-0.2, -0.15) is 0 Å². The minimum atomic E-state index is -0.736. The van der Waals surface area contributed by atoms with E-state index in [9.17, 15) is 9.59 Å². The Balaban J connectivity index is 1.70. The number of hydrogen-bond donors (Lipinski definition) is 1. The summed E-state index contributed by atoms with van der Waals surface area (Å²) in [7, 11) is 1.63. The number of nitrogens with one attached hydrogen (secondary N) is 1. The summed E-state index contributed by atoms with van der Waals surface area (Å²) in [6, 6.07) is 15.2. The summed E-state index contributed by atoms with van der Waals surface area (Å²) in [6.07, 6.45) is 2.44. The SMILES string of the molecule is CC/C=C1/C(=O)N(Cc2ccc(OC)cc2)[C@H]2C(=O)N(C(C)(C)C)[C@@H]3Nc4ccccc4[C@]123. The van der Waals surface area contributed by atoms with E-state index in [2.05, 4.69) is 32.2 Å². The van der Waals surface area contributed by atoms with Gasteiger partial charge in [-0.1, -0.05) is 43.3 Å². The molecular formula is C27H31N3O3. The zero-order valence-electron chi connectivity index (χ0n) is 19.9. The van der Waals surface area contributed by atoms with Crippen LogP contribution >= 0.6 is 0 Å². The van der Waals surface area contributed by atoms with Crippen LogP contribution in [-0.4, -0.2) is 46.5 Å². The Kier molecular flexibility index (Phi) is 4.82. The fourth-order valence-corrected chi connectivity index (χ4v) is 5.93. The predicted octanol–water partition coefficient (Wildman–Crippen LogP) is 4.07. The van der Waals surface area contributed by atoms with Crippen molar-refractivity contribution in [1.29, 1.82) is 0 Å². The molecule has 3 atom stereocenters. The van der Waals surface area contributed by atoms with Gasteiger partial charge >= 0.3 is 0 Å². The van der Waals surface area contributed by atoms with Gasteiger partial charge in [-0.15, -0.1) is 0 Å². The number of allylic oxidation sites excluding steroid dienone is 1. The summed E-state index contributed by atoms with van der Waals surface area (Å²) in [5, 5.41) is 3.62. The number of para-hydroxylation sites is 1. The number of methoxy groups -OCH3 is 1. The number of likely N-dealkylation sites (tertiary alicyclic amines) is 2. The standard InChI is InChI=1S/C27H31N3O3/c1-6-9-20-23(31)29(16-17-12-14-18(33-5)15-13-17)22-24(32)30(26(2,3)4)25-27(20,22)19-10-7-8-11-21(19)28-25/h7-15,22,25,28H,6,16H2,1-5H3/b20-9-/t22-,25-,27-/m0/s1. The van der Waals surface area contributed by atoms with Crippen molar-refractivity contribution < 1.29 is 14.3 Å². The Morgan fingerprint density at radius 1 is 1.09 bits per heavy atom. The Morgan fingerprint density at radius 2 is 1.79 bits per heavy atom. The number of ether oxygens (including phenoxy) is 1. The summed E-state index contributed by atoms with van der Waals surface area (Å²) >= 11 is 0. The van der Waals surface area contributed by atoms with E-state index in [-0.39, 0.29) is 18.0 Å². The molecule has 2 aromatic carbocycles. The average molecular weight is 446 g/mol. The van der Waals surface area contributed by atoms with E-state index in [1.54, 1.807) is 12.0 Å². The molecule has 3 heterocycles. The zero-order chi connectivity index (χ0) is 23.5. The maximum absolute atomic E-state index is 14.1. The molecule has 2 saturated heterocycles.